The van der Waals surface area contributed by atoms with Crippen LogP contribution in [0.2, 0.25) is 0 Å². The topological polar surface area (TPSA) is 379 Å². The molecule has 7 fully saturated rings. The first kappa shape index (κ1) is 57.6. The summed E-state index contributed by atoms with van der Waals surface area (Å²) in [6.45, 7) is 9.87. The number of rotatable bonds is 13. The van der Waals surface area contributed by atoms with Crippen molar-refractivity contribution in [1.82, 2.24) is 0 Å². The summed E-state index contributed by atoms with van der Waals surface area (Å²) in [6.07, 6.45) is -22.7. The van der Waals surface area contributed by atoms with Crippen molar-refractivity contribution in [2.75, 3.05) is 26.4 Å². The quantitative estimate of drug-likeness (QED) is 0.0415. The van der Waals surface area contributed by atoms with Gasteiger partial charge < -0.3 is 99.5 Å². The normalized spacial score (nSPS) is 51.0. The number of carbonyl (C=O) groups is 3. The lowest BCUT2D eigenvalue weighted by Gasteiger charge is -2.72. The zero-order chi connectivity index (χ0) is 54.4. The summed E-state index contributed by atoms with van der Waals surface area (Å²) in [4.78, 5) is 39.2. The van der Waals surface area contributed by atoms with Crippen LogP contribution in [0.4, 0.5) is 0 Å². The molecule has 0 aromatic heterocycles. The van der Waals surface area contributed by atoms with Crippen LogP contribution in [-0.2, 0) is 47.5 Å². The van der Waals surface area contributed by atoms with Gasteiger partial charge in [0, 0.05) is 5.41 Å². The molecule has 5 aliphatic carbocycles. The molecular formula is C51H80O23. The van der Waals surface area contributed by atoms with E-state index in [1.807, 2.05) is 0 Å². The zero-order valence-electron chi connectivity index (χ0n) is 42.9. The van der Waals surface area contributed by atoms with Gasteiger partial charge in [0.1, 0.15) is 73.6 Å². The Labute approximate surface area is 429 Å². The number of carboxylic acid groups (broad SMARTS) is 1. The number of carboxylic acids is 1. The molecule has 74 heavy (non-hydrogen) atoms. The summed E-state index contributed by atoms with van der Waals surface area (Å²) < 4.78 is 41.0. The highest BCUT2D eigenvalue weighted by Gasteiger charge is 2.72. The van der Waals surface area contributed by atoms with Crippen LogP contribution >= 0.6 is 0 Å². The van der Waals surface area contributed by atoms with Gasteiger partial charge in [0.05, 0.1) is 44.1 Å². The lowest BCUT2D eigenvalue weighted by atomic mass is 9.33. The van der Waals surface area contributed by atoms with Crippen molar-refractivity contribution in [3.05, 3.63) is 11.6 Å². The Kier molecular flexibility index (Phi) is 16.3. The number of esters is 2. The lowest BCUT2D eigenvalue weighted by molar-refractivity contribution is -0.374. The highest BCUT2D eigenvalue weighted by molar-refractivity contribution is 5.90. The van der Waals surface area contributed by atoms with Crippen molar-refractivity contribution in [1.29, 1.82) is 0 Å². The fourth-order valence-electron chi connectivity index (χ4n) is 15.6. The number of aliphatic hydroxyl groups is 12. The summed E-state index contributed by atoms with van der Waals surface area (Å²) in [6, 6.07) is 0. The minimum atomic E-state index is -2.04. The minimum absolute atomic E-state index is 0.0808. The van der Waals surface area contributed by atoms with Gasteiger partial charge in [-0.3, -0.25) is 14.4 Å². The first-order valence-corrected chi connectivity index (χ1v) is 26.1. The van der Waals surface area contributed by atoms with E-state index in [0.717, 1.165) is 5.57 Å². The molecule has 0 aromatic rings. The van der Waals surface area contributed by atoms with E-state index >= 15 is 0 Å². The summed E-state index contributed by atoms with van der Waals surface area (Å²) in [5, 5.41) is 139. The highest BCUT2D eigenvalue weighted by Crippen LogP contribution is 2.76. The Morgan fingerprint density at radius 3 is 1.78 bits per heavy atom. The van der Waals surface area contributed by atoms with Crippen molar-refractivity contribution < 1.29 is 114 Å². The second kappa shape index (κ2) is 20.9. The average molecular weight is 1060 g/mol. The van der Waals surface area contributed by atoms with Gasteiger partial charge in [-0.2, -0.15) is 0 Å². The summed E-state index contributed by atoms with van der Waals surface area (Å²) in [7, 11) is 0. The van der Waals surface area contributed by atoms with E-state index in [1.54, 1.807) is 6.92 Å². The van der Waals surface area contributed by atoms with Gasteiger partial charge >= 0.3 is 17.9 Å². The van der Waals surface area contributed by atoms with Crippen molar-refractivity contribution in [2.24, 2.45) is 50.2 Å². The summed E-state index contributed by atoms with van der Waals surface area (Å²) in [5.41, 5.74) is -2.81. The van der Waals surface area contributed by atoms with Crippen LogP contribution in [0, 0.1) is 50.2 Å². The van der Waals surface area contributed by atoms with E-state index in [-0.39, 0.29) is 29.6 Å². The van der Waals surface area contributed by atoms with E-state index in [9.17, 15) is 80.8 Å². The fourth-order valence-corrected chi connectivity index (χ4v) is 15.6. The first-order chi connectivity index (χ1) is 34.6. The van der Waals surface area contributed by atoms with Gasteiger partial charge in [0.15, 0.2) is 18.7 Å². The predicted molar refractivity (Wildman–Crippen MR) is 249 cm³/mol. The third-order valence-corrected chi connectivity index (χ3v) is 19.9. The smallest absolute Gasteiger partial charge is 0.317 e. The number of aliphatic hydroxyl groups excluding tert-OH is 12. The summed E-state index contributed by atoms with van der Waals surface area (Å²) in [5.74, 6) is -4.18. The van der Waals surface area contributed by atoms with Crippen molar-refractivity contribution in [2.45, 2.75) is 210 Å². The average Bonchev–Trinajstić information content (AvgIpc) is 3.34. The van der Waals surface area contributed by atoms with Crippen molar-refractivity contribution >= 4 is 17.9 Å². The van der Waals surface area contributed by atoms with Gasteiger partial charge in [-0.1, -0.05) is 53.2 Å². The van der Waals surface area contributed by atoms with Crippen LogP contribution in [0.3, 0.4) is 0 Å². The Morgan fingerprint density at radius 2 is 1.19 bits per heavy atom. The number of hydrogen-bond donors (Lipinski definition) is 13. The maximum absolute atomic E-state index is 14.7. The van der Waals surface area contributed by atoms with Gasteiger partial charge in [-0.05, 0) is 97.2 Å². The van der Waals surface area contributed by atoms with Crippen molar-refractivity contribution in [3.63, 3.8) is 0 Å². The number of fused-ring (bicyclic) bond motifs is 7. The molecule has 13 N–H and O–H groups in total. The van der Waals surface area contributed by atoms with Gasteiger partial charge in [0.2, 0.25) is 6.29 Å². The Balaban J connectivity index is 1.06. The molecule has 3 aliphatic heterocycles. The third kappa shape index (κ3) is 9.37. The number of aliphatic carboxylic acids is 1. The molecule has 4 saturated carbocycles. The molecule has 0 amide bonds. The van der Waals surface area contributed by atoms with Crippen molar-refractivity contribution in [3.8, 4) is 0 Å². The number of allylic oxidation sites excluding steroid dienone is 2. The van der Waals surface area contributed by atoms with E-state index in [1.165, 1.54) is 0 Å². The molecule has 25 unspecified atom stereocenters. The third-order valence-electron chi connectivity index (χ3n) is 19.9. The standard InChI is InChI=1S/C51H80O23/c1-46(2)11-13-51(45(67)74-43-37(65)35(63)33(61)26(19-53)69-43)14-12-49(5)22(23(51)16-46)7-8-29-47(3)17-24(56)41(48(4,21-55)28(47)9-10-50(29,49)6)73-44-38(66)40(71-31(59)15-30(57)58)39(27(20-54)70-44)72-42-36(64)34(62)32(60)25(18-52)68-42/h7,23-29,32-44,52-56,60-66H,8-21H2,1-6H3,(H,57,58). The molecule has 8 aliphatic rings. The van der Waals surface area contributed by atoms with Gasteiger partial charge in [0.25, 0.3) is 0 Å². The molecule has 23 nitrogen and oxygen atoms in total. The van der Waals surface area contributed by atoms with Crippen LogP contribution in [0.5, 0.6) is 0 Å². The predicted octanol–water partition coefficient (Wildman–Crippen LogP) is -1.89. The molecule has 3 saturated heterocycles. The molecule has 0 spiro atoms. The first-order valence-electron chi connectivity index (χ1n) is 26.1. The van der Waals surface area contributed by atoms with Crippen LogP contribution in [0.1, 0.15) is 106 Å². The molecule has 25 atom stereocenters. The molecule has 23 heteroatoms. The molecule has 8 rings (SSSR count). The lowest BCUT2D eigenvalue weighted by Crippen LogP contribution is -2.70. The number of ether oxygens (including phenoxy) is 7. The molecule has 422 valence electrons. The second-order valence-electron chi connectivity index (χ2n) is 24.5. The zero-order valence-corrected chi connectivity index (χ0v) is 42.9. The molecule has 0 aromatic carbocycles. The Bertz CT molecular complexity index is 2090. The molecule has 3 heterocycles. The van der Waals surface area contributed by atoms with Crippen LogP contribution < -0.4 is 0 Å². The minimum Gasteiger partial charge on any atom is -0.481 e. The molecule has 0 bridgehead atoms. The van der Waals surface area contributed by atoms with E-state index in [2.05, 4.69) is 40.7 Å². The molecular weight excluding hydrogens is 981 g/mol. The SMILES string of the molecule is CC1(C)CCC2(C(=O)OC3OC(CO)C(O)C(O)C3O)CCC3(C)C(=CCC4C5(C)CC(O)C(OC6OC(CO)C(OC7OC(CO)C(O)C(O)C7O)C(OC(=O)CC(=O)O)C6O)C(C)(CO)C5CCC43C)C2C1. The van der Waals surface area contributed by atoms with E-state index in [0.29, 0.717) is 51.4 Å². The Hall–Kier alpha value is -2.53. The maximum atomic E-state index is 14.7. The van der Waals surface area contributed by atoms with E-state index < -0.39 is 182 Å². The van der Waals surface area contributed by atoms with Gasteiger partial charge in [-0.25, -0.2) is 0 Å². The van der Waals surface area contributed by atoms with Crippen LogP contribution in [0.25, 0.3) is 0 Å². The maximum Gasteiger partial charge on any atom is 0.317 e. The monoisotopic (exact) mass is 1060 g/mol. The fraction of sp³-hybridized carbons (Fsp3) is 0.902. The van der Waals surface area contributed by atoms with Gasteiger partial charge in [-0.15, -0.1) is 0 Å². The Morgan fingerprint density at radius 1 is 0.622 bits per heavy atom. The second-order valence-corrected chi connectivity index (χ2v) is 24.5. The number of carbonyl (C=O) groups excluding carboxylic acids is 2. The summed E-state index contributed by atoms with van der Waals surface area (Å²) >= 11 is 0. The largest absolute Gasteiger partial charge is 0.481 e. The van der Waals surface area contributed by atoms with E-state index in [4.69, 9.17) is 33.2 Å². The highest BCUT2D eigenvalue weighted by atomic mass is 16.8. The van der Waals surface area contributed by atoms with Crippen LogP contribution in [0.15, 0.2) is 11.6 Å². The van der Waals surface area contributed by atoms with Crippen LogP contribution in [-0.4, -0.2) is 215 Å². The number of hydrogen-bond acceptors (Lipinski definition) is 22. The molecule has 0 radical (unpaired) electrons.